The standard InChI is InChI=1S/C21H36O5S/c1-14-8-9-17-15(2)18(27-13-7-5-4-6-12-22)23-19-21(17)16(14)10-11-20(3,24-19)25-26-21/h14-19,22H,4-13H2,1-3H3/t14-,15-,16+,17+,18+,19-,20?,21-/m1/s1. The number of rotatable bonds is 7. The van der Waals surface area contributed by atoms with Crippen molar-refractivity contribution < 1.29 is 24.4 Å². The molecule has 0 radical (unpaired) electrons. The van der Waals surface area contributed by atoms with Crippen molar-refractivity contribution in [1.82, 2.24) is 0 Å². The number of aliphatic hydroxyl groups is 1. The predicted octanol–water partition coefficient (Wildman–Crippen LogP) is 4.48. The Morgan fingerprint density at radius 1 is 1.00 bits per heavy atom. The lowest BCUT2D eigenvalue weighted by Gasteiger charge is -2.60. The molecule has 4 aliphatic heterocycles. The van der Waals surface area contributed by atoms with Gasteiger partial charge in [-0.2, -0.15) is 0 Å². The summed E-state index contributed by atoms with van der Waals surface area (Å²) in [5, 5.41) is 8.91. The van der Waals surface area contributed by atoms with Crippen LogP contribution in [0.4, 0.5) is 0 Å². The summed E-state index contributed by atoms with van der Waals surface area (Å²) in [7, 11) is 0. The summed E-state index contributed by atoms with van der Waals surface area (Å²) < 4.78 is 13.0. The third-order valence-electron chi connectivity index (χ3n) is 7.43. The number of fused-ring (bicyclic) bond motifs is 2. The second-order valence-corrected chi connectivity index (χ2v) is 10.5. The van der Waals surface area contributed by atoms with E-state index in [-0.39, 0.29) is 11.7 Å². The van der Waals surface area contributed by atoms with Crippen LogP contribution < -0.4 is 0 Å². The lowest BCUT2D eigenvalue weighted by molar-refractivity contribution is -0.568. The number of hydrogen-bond acceptors (Lipinski definition) is 6. The van der Waals surface area contributed by atoms with Crippen molar-refractivity contribution in [3.63, 3.8) is 0 Å². The van der Waals surface area contributed by atoms with Crippen molar-refractivity contribution in [3.8, 4) is 0 Å². The van der Waals surface area contributed by atoms with Gasteiger partial charge < -0.3 is 14.6 Å². The molecule has 2 bridgehead atoms. The molecule has 5 fully saturated rings. The van der Waals surface area contributed by atoms with Gasteiger partial charge in [-0.05, 0) is 62.5 Å². The van der Waals surface area contributed by atoms with Gasteiger partial charge in [-0.25, -0.2) is 9.78 Å². The molecule has 4 heterocycles. The molecule has 0 aromatic rings. The highest BCUT2D eigenvalue weighted by molar-refractivity contribution is 7.99. The van der Waals surface area contributed by atoms with Gasteiger partial charge >= 0.3 is 0 Å². The number of unbranched alkanes of at least 4 members (excludes halogenated alkanes) is 3. The highest BCUT2D eigenvalue weighted by Gasteiger charge is 2.69. The van der Waals surface area contributed by atoms with Crippen molar-refractivity contribution in [3.05, 3.63) is 0 Å². The fourth-order valence-corrected chi connectivity index (χ4v) is 7.11. The van der Waals surface area contributed by atoms with Crippen molar-refractivity contribution in [2.75, 3.05) is 12.4 Å². The average Bonchev–Trinajstić information content (AvgIpc) is 2.88. The number of aliphatic hydroxyl groups excluding tert-OH is 1. The molecule has 5 rings (SSSR count). The van der Waals surface area contributed by atoms with Crippen LogP contribution in [-0.2, 0) is 19.2 Å². The smallest absolute Gasteiger partial charge is 0.201 e. The van der Waals surface area contributed by atoms with Crippen LogP contribution in [0.1, 0.15) is 72.1 Å². The van der Waals surface area contributed by atoms with Gasteiger partial charge in [0.15, 0.2) is 11.9 Å². The first-order valence-electron chi connectivity index (χ1n) is 10.9. The van der Waals surface area contributed by atoms with Gasteiger partial charge in [0.05, 0.1) is 0 Å². The molecule has 8 atom stereocenters. The maximum Gasteiger partial charge on any atom is 0.201 e. The Bertz CT molecular complexity index is 519. The molecule has 4 saturated heterocycles. The van der Waals surface area contributed by atoms with E-state index in [2.05, 4.69) is 13.8 Å². The molecule has 1 spiro atoms. The molecule has 27 heavy (non-hydrogen) atoms. The van der Waals surface area contributed by atoms with E-state index in [0.717, 1.165) is 37.9 Å². The molecule has 1 N–H and O–H groups in total. The summed E-state index contributed by atoms with van der Waals surface area (Å²) in [6.45, 7) is 6.98. The topological polar surface area (TPSA) is 57.2 Å². The van der Waals surface area contributed by atoms with Crippen LogP contribution in [0.3, 0.4) is 0 Å². The highest BCUT2D eigenvalue weighted by Crippen LogP contribution is 2.61. The molecule has 5 aliphatic rings. The number of hydrogen-bond donors (Lipinski definition) is 1. The molecule has 1 saturated carbocycles. The monoisotopic (exact) mass is 400 g/mol. The Morgan fingerprint density at radius 2 is 1.81 bits per heavy atom. The van der Waals surface area contributed by atoms with E-state index in [1.54, 1.807) is 0 Å². The maximum absolute atomic E-state index is 8.91. The first-order valence-corrected chi connectivity index (χ1v) is 12.0. The Balaban J connectivity index is 1.47. The normalized spacial score (nSPS) is 48.9. The zero-order valence-electron chi connectivity index (χ0n) is 17.0. The third kappa shape index (κ3) is 3.59. The van der Waals surface area contributed by atoms with E-state index < -0.39 is 11.4 Å². The first-order chi connectivity index (χ1) is 13.0. The van der Waals surface area contributed by atoms with Crippen LogP contribution in [0, 0.1) is 23.7 Å². The first kappa shape index (κ1) is 20.4. The molecule has 0 aromatic heterocycles. The SMILES string of the molecule is C[C@H]1[C@H](SCCCCCCO)O[C@@H]2OC3(C)CC[C@H]4[C@H](C)CC[C@@H]1[C@@]24OO3. The van der Waals surface area contributed by atoms with Gasteiger partial charge in [0.1, 0.15) is 5.44 Å². The molecule has 156 valence electrons. The summed E-state index contributed by atoms with van der Waals surface area (Å²) in [5.74, 6) is 2.32. The zero-order valence-corrected chi connectivity index (χ0v) is 17.8. The van der Waals surface area contributed by atoms with Gasteiger partial charge in [0, 0.05) is 18.9 Å². The van der Waals surface area contributed by atoms with Gasteiger partial charge in [-0.15, -0.1) is 11.8 Å². The molecule has 6 heteroatoms. The Hall–Kier alpha value is 0.150. The van der Waals surface area contributed by atoms with E-state index in [4.69, 9.17) is 24.4 Å². The lowest BCUT2D eigenvalue weighted by Crippen LogP contribution is -2.70. The van der Waals surface area contributed by atoms with Gasteiger partial charge in [0.25, 0.3) is 0 Å². The highest BCUT2D eigenvalue weighted by atomic mass is 32.2. The Labute approximate surface area is 167 Å². The van der Waals surface area contributed by atoms with Gasteiger partial charge in [0.2, 0.25) is 5.79 Å². The molecular weight excluding hydrogens is 364 g/mol. The number of ether oxygens (including phenoxy) is 2. The van der Waals surface area contributed by atoms with E-state index in [1.807, 2.05) is 18.7 Å². The third-order valence-corrected chi connectivity index (χ3v) is 8.83. The molecule has 1 unspecified atom stereocenters. The number of thioether (sulfide) groups is 1. The fraction of sp³-hybridized carbons (Fsp3) is 1.00. The van der Waals surface area contributed by atoms with E-state index >= 15 is 0 Å². The molecular formula is C21H36O5S. The largest absolute Gasteiger partial charge is 0.396 e. The average molecular weight is 401 g/mol. The quantitative estimate of drug-likeness (QED) is 0.502. The summed E-state index contributed by atoms with van der Waals surface area (Å²) >= 11 is 1.93. The minimum atomic E-state index is -0.683. The predicted molar refractivity (Wildman–Crippen MR) is 105 cm³/mol. The van der Waals surface area contributed by atoms with E-state index in [9.17, 15) is 0 Å². The molecule has 0 amide bonds. The molecule has 0 aromatic carbocycles. The molecule has 5 nitrogen and oxygen atoms in total. The Morgan fingerprint density at radius 3 is 2.63 bits per heavy atom. The molecule has 1 aliphatic carbocycles. The van der Waals surface area contributed by atoms with Crippen LogP contribution in [0.25, 0.3) is 0 Å². The minimum absolute atomic E-state index is 0.157. The summed E-state index contributed by atoms with van der Waals surface area (Å²) in [6.07, 6.45) is 8.43. The van der Waals surface area contributed by atoms with Crippen molar-refractivity contribution in [1.29, 1.82) is 0 Å². The van der Waals surface area contributed by atoms with E-state index in [0.29, 0.717) is 30.3 Å². The summed E-state index contributed by atoms with van der Waals surface area (Å²) in [4.78, 5) is 12.1. The zero-order chi connectivity index (χ0) is 19.1. The van der Waals surface area contributed by atoms with Crippen molar-refractivity contribution in [2.45, 2.75) is 95.3 Å². The van der Waals surface area contributed by atoms with Crippen molar-refractivity contribution >= 4 is 11.8 Å². The summed E-state index contributed by atoms with van der Waals surface area (Å²) in [6, 6.07) is 0. The Kier molecular flexibility index (Phi) is 6.14. The van der Waals surface area contributed by atoms with Crippen LogP contribution in [0.5, 0.6) is 0 Å². The van der Waals surface area contributed by atoms with Crippen LogP contribution in [-0.4, -0.2) is 40.6 Å². The van der Waals surface area contributed by atoms with Crippen LogP contribution in [0.2, 0.25) is 0 Å². The van der Waals surface area contributed by atoms with Crippen LogP contribution in [0.15, 0.2) is 0 Å². The summed E-state index contributed by atoms with van der Waals surface area (Å²) in [5.41, 5.74) is -0.283. The van der Waals surface area contributed by atoms with Gasteiger partial charge in [-0.3, -0.25) is 0 Å². The minimum Gasteiger partial charge on any atom is -0.396 e. The second-order valence-electron chi connectivity index (χ2n) is 9.28. The van der Waals surface area contributed by atoms with E-state index in [1.165, 1.54) is 19.3 Å². The maximum atomic E-state index is 8.91. The fourth-order valence-electron chi connectivity index (χ4n) is 5.83. The lowest BCUT2D eigenvalue weighted by atomic mass is 9.58. The van der Waals surface area contributed by atoms with Crippen LogP contribution >= 0.6 is 11.8 Å². The van der Waals surface area contributed by atoms with Gasteiger partial charge in [-0.1, -0.05) is 26.7 Å². The second kappa shape index (κ2) is 8.11. The van der Waals surface area contributed by atoms with Crippen molar-refractivity contribution in [2.24, 2.45) is 23.7 Å².